The molecule has 0 aliphatic rings. The third-order valence-corrected chi connectivity index (χ3v) is 3.36. The first kappa shape index (κ1) is 16.0. The summed E-state index contributed by atoms with van der Waals surface area (Å²) in [5, 5.41) is 0. The Bertz CT molecular complexity index is 303. The maximum atomic E-state index is 5.97. The van der Waals surface area contributed by atoms with E-state index in [1.54, 1.807) is 0 Å². The van der Waals surface area contributed by atoms with Gasteiger partial charge in [-0.15, -0.1) is 5.56 Å². The maximum Gasteiger partial charge on any atom is 1.00 e. The molecule has 0 unspecified atom stereocenters. The summed E-state index contributed by atoms with van der Waals surface area (Å²) in [6.45, 7) is 11.9. The molecular formula is C13H21LiOSi. The molecule has 16 heavy (non-hydrogen) atoms. The van der Waals surface area contributed by atoms with Crippen LogP contribution in [-0.2, 0) is 9.84 Å². The molecule has 0 bridgehead atoms. The normalized spacial score (nSPS) is 12.1. The standard InChI is InChI=1S/C13H21OSi.Li/c1-13(2,11-14-15(3,4)5)12-9-7-6-8-10-12;/h6-7,9-10H,11H2,1-5H3;/q-1;+1. The molecule has 84 valence electrons. The van der Waals surface area contributed by atoms with Crippen molar-refractivity contribution in [1.82, 2.24) is 0 Å². The topological polar surface area (TPSA) is 9.23 Å². The molecule has 3 heteroatoms. The van der Waals surface area contributed by atoms with Gasteiger partial charge >= 0.3 is 18.9 Å². The van der Waals surface area contributed by atoms with Crippen molar-refractivity contribution in [3.8, 4) is 0 Å². The zero-order valence-corrected chi connectivity index (χ0v) is 12.4. The van der Waals surface area contributed by atoms with Crippen LogP contribution >= 0.6 is 0 Å². The van der Waals surface area contributed by atoms with E-state index in [9.17, 15) is 0 Å². The van der Waals surface area contributed by atoms with Crippen LogP contribution in [-0.4, -0.2) is 14.9 Å². The summed E-state index contributed by atoms with van der Waals surface area (Å²) >= 11 is 0. The van der Waals surface area contributed by atoms with Gasteiger partial charge in [-0.05, 0) is 25.1 Å². The van der Waals surface area contributed by atoms with Crippen molar-refractivity contribution in [3.63, 3.8) is 0 Å². The Balaban J connectivity index is 0.00000225. The van der Waals surface area contributed by atoms with Gasteiger partial charge in [0.25, 0.3) is 0 Å². The monoisotopic (exact) mass is 228 g/mol. The zero-order valence-electron chi connectivity index (χ0n) is 11.4. The molecule has 0 aromatic heterocycles. The van der Waals surface area contributed by atoms with E-state index in [2.05, 4.69) is 45.6 Å². The van der Waals surface area contributed by atoms with E-state index in [-0.39, 0.29) is 24.3 Å². The Labute approximate surface area is 113 Å². The Kier molecular flexibility index (Phi) is 6.07. The molecule has 0 saturated carbocycles. The fraction of sp³-hybridized carbons (Fsp3) is 0.538. The van der Waals surface area contributed by atoms with Crippen molar-refractivity contribution < 1.29 is 23.3 Å². The van der Waals surface area contributed by atoms with Crippen LogP contribution < -0.4 is 18.9 Å². The van der Waals surface area contributed by atoms with Gasteiger partial charge in [0, 0.05) is 6.61 Å². The van der Waals surface area contributed by atoms with E-state index < -0.39 is 8.32 Å². The van der Waals surface area contributed by atoms with E-state index in [1.807, 2.05) is 18.2 Å². The van der Waals surface area contributed by atoms with Crippen molar-refractivity contribution in [1.29, 1.82) is 0 Å². The summed E-state index contributed by atoms with van der Waals surface area (Å²) in [4.78, 5) is 0. The third-order valence-electron chi connectivity index (χ3n) is 2.35. The van der Waals surface area contributed by atoms with Crippen LogP contribution in [0.1, 0.15) is 19.4 Å². The molecule has 0 atom stereocenters. The first-order valence-corrected chi connectivity index (χ1v) is 8.83. The van der Waals surface area contributed by atoms with Crippen LogP contribution in [0.3, 0.4) is 0 Å². The number of rotatable bonds is 4. The molecule has 0 aliphatic carbocycles. The van der Waals surface area contributed by atoms with E-state index in [1.165, 1.54) is 5.56 Å². The van der Waals surface area contributed by atoms with Crippen molar-refractivity contribution in [2.24, 2.45) is 0 Å². The Hall–Kier alpha value is -0.00571. The number of benzene rings is 1. The average molecular weight is 228 g/mol. The summed E-state index contributed by atoms with van der Waals surface area (Å²) in [6.07, 6.45) is 0. The van der Waals surface area contributed by atoms with Gasteiger partial charge in [0.15, 0.2) is 8.32 Å². The first-order chi connectivity index (χ1) is 6.81. The fourth-order valence-electron chi connectivity index (χ4n) is 1.29. The summed E-state index contributed by atoms with van der Waals surface area (Å²) in [5.74, 6) is 0. The predicted molar refractivity (Wildman–Crippen MR) is 67.6 cm³/mol. The molecule has 1 aromatic rings. The average Bonchev–Trinajstić information content (AvgIpc) is 2.16. The van der Waals surface area contributed by atoms with Crippen molar-refractivity contribution in [3.05, 3.63) is 35.9 Å². The first-order valence-electron chi connectivity index (χ1n) is 5.42. The van der Waals surface area contributed by atoms with E-state index >= 15 is 0 Å². The minimum absolute atomic E-state index is 0. The minimum Gasteiger partial charge on any atom is -0.418 e. The van der Waals surface area contributed by atoms with Crippen molar-refractivity contribution in [2.45, 2.75) is 38.9 Å². The summed E-state index contributed by atoms with van der Waals surface area (Å²) < 4.78 is 5.97. The second-order valence-electron chi connectivity index (χ2n) is 5.58. The van der Waals surface area contributed by atoms with Gasteiger partial charge in [0.05, 0.1) is 0 Å². The fourth-order valence-corrected chi connectivity index (χ4v) is 2.09. The largest absolute Gasteiger partial charge is 1.00 e. The summed E-state index contributed by atoms with van der Waals surface area (Å²) in [7, 11) is -1.41. The molecule has 1 nitrogen and oxygen atoms in total. The van der Waals surface area contributed by atoms with E-state index in [4.69, 9.17) is 4.43 Å². The third kappa shape index (κ3) is 5.36. The quantitative estimate of drug-likeness (QED) is 0.542. The molecule has 0 heterocycles. The van der Waals surface area contributed by atoms with Crippen LogP contribution in [0.5, 0.6) is 0 Å². The van der Waals surface area contributed by atoms with E-state index in [0.29, 0.717) is 0 Å². The van der Waals surface area contributed by atoms with Crippen LogP contribution in [0.2, 0.25) is 19.6 Å². The molecule has 1 rings (SSSR count). The Morgan fingerprint density at radius 1 is 1.31 bits per heavy atom. The van der Waals surface area contributed by atoms with Crippen LogP contribution in [0.4, 0.5) is 0 Å². The van der Waals surface area contributed by atoms with Crippen LogP contribution in [0.25, 0.3) is 0 Å². The number of hydrogen-bond acceptors (Lipinski definition) is 1. The molecule has 0 fully saturated rings. The SMILES string of the molecule is CC(C)(CO[Si](C)(C)C)c1c[c-]ccc1.[Li+]. The van der Waals surface area contributed by atoms with Crippen LogP contribution in [0, 0.1) is 6.07 Å². The Morgan fingerprint density at radius 2 is 1.94 bits per heavy atom. The Morgan fingerprint density at radius 3 is 2.38 bits per heavy atom. The van der Waals surface area contributed by atoms with Gasteiger partial charge in [0.1, 0.15) is 0 Å². The minimum atomic E-state index is -1.41. The molecule has 0 N–H and O–H groups in total. The molecule has 0 amide bonds. The molecule has 0 radical (unpaired) electrons. The molecule has 0 aliphatic heterocycles. The van der Waals surface area contributed by atoms with Gasteiger partial charge in [-0.1, -0.05) is 13.8 Å². The van der Waals surface area contributed by atoms with Gasteiger partial charge < -0.3 is 4.43 Å². The van der Waals surface area contributed by atoms with E-state index in [0.717, 1.165) is 6.61 Å². The van der Waals surface area contributed by atoms with Crippen LogP contribution in [0.15, 0.2) is 24.3 Å². The maximum absolute atomic E-state index is 5.97. The second-order valence-corrected chi connectivity index (χ2v) is 10.1. The molecule has 1 aromatic carbocycles. The molecular weight excluding hydrogens is 207 g/mol. The van der Waals surface area contributed by atoms with Crippen molar-refractivity contribution >= 4 is 8.32 Å². The summed E-state index contributed by atoms with van der Waals surface area (Å²) in [5.41, 5.74) is 1.38. The summed E-state index contributed by atoms with van der Waals surface area (Å²) in [6, 6.07) is 11.3. The van der Waals surface area contributed by atoms with Gasteiger partial charge in [-0.2, -0.15) is 30.3 Å². The molecule has 0 spiro atoms. The predicted octanol–water partition coefficient (Wildman–Crippen LogP) is 0.620. The smallest absolute Gasteiger partial charge is 0.418 e. The molecule has 0 saturated heterocycles. The number of hydrogen-bond donors (Lipinski definition) is 0. The van der Waals surface area contributed by atoms with Gasteiger partial charge in [0.2, 0.25) is 0 Å². The van der Waals surface area contributed by atoms with Gasteiger partial charge in [-0.25, -0.2) is 0 Å². The van der Waals surface area contributed by atoms with Crippen molar-refractivity contribution in [2.75, 3.05) is 6.61 Å². The van der Waals surface area contributed by atoms with Gasteiger partial charge in [-0.3, -0.25) is 0 Å². The zero-order chi connectivity index (χ0) is 11.5. The second kappa shape index (κ2) is 6.07.